The topological polar surface area (TPSA) is 65.1 Å². The third-order valence-corrected chi connectivity index (χ3v) is 3.49. The van der Waals surface area contributed by atoms with Gasteiger partial charge in [-0.25, -0.2) is 0 Å². The summed E-state index contributed by atoms with van der Waals surface area (Å²) in [5.41, 5.74) is 5.64. The number of nitrogens with two attached hydrogens (primary N) is 1. The van der Waals surface area contributed by atoms with Gasteiger partial charge in [-0.15, -0.1) is 0 Å². The molecular weight excluding hydrogens is 248 g/mol. The predicted octanol–water partition coefficient (Wildman–Crippen LogP) is 3.32. The van der Waals surface area contributed by atoms with Crippen molar-refractivity contribution in [2.24, 2.45) is 5.73 Å². The molecule has 0 fully saturated rings. The molecular formula is C16H36N4. The third kappa shape index (κ3) is 13.7. The van der Waals surface area contributed by atoms with E-state index >= 15 is 0 Å². The summed E-state index contributed by atoms with van der Waals surface area (Å²) in [6.45, 7) is 8.71. The fraction of sp³-hybridized carbons (Fsp3) is 0.938. The average molecular weight is 284 g/mol. The lowest BCUT2D eigenvalue weighted by molar-refractivity contribution is 0.414. The second-order valence-corrected chi connectivity index (χ2v) is 6.81. The van der Waals surface area contributed by atoms with Crippen LogP contribution in [-0.4, -0.2) is 36.5 Å². The van der Waals surface area contributed by atoms with Crippen LogP contribution >= 0.6 is 0 Å². The molecule has 0 atom stereocenters. The summed E-state index contributed by atoms with van der Waals surface area (Å²) in [6.07, 6.45) is 10.4. The van der Waals surface area contributed by atoms with Gasteiger partial charge in [0.05, 0.1) is 0 Å². The minimum atomic E-state index is 0.175. The monoisotopic (exact) mass is 284 g/mol. The number of hydrogen-bond donors (Lipinski definition) is 3. The molecule has 4 N–H and O–H groups in total. The first kappa shape index (κ1) is 19.2. The van der Waals surface area contributed by atoms with Crippen LogP contribution in [0.15, 0.2) is 0 Å². The Labute approximate surface area is 126 Å². The molecule has 0 aliphatic carbocycles. The molecule has 120 valence electrons. The van der Waals surface area contributed by atoms with Gasteiger partial charge in [-0.05, 0) is 40.2 Å². The van der Waals surface area contributed by atoms with Crippen LogP contribution in [0, 0.1) is 5.41 Å². The van der Waals surface area contributed by atoms with Crippen molar-refractivity contribution in [2.45, 2.75) is 77.7 Å². The molecule has 0 amide bonds. The van der Waals surface area contributed by atoms with E-state index in [1.807, 2.05) is 11.9 Å². The summed E-state index contributed by atoms with van der Waals surface area (Å²) in [6, 6.07) is 0. The van der Waals surface area contributed by atoms with Gasteiger partial charge >= 0.3 is 0 Å². The Kier molecular flexibility index (Phi) is 10.5. The lowest BCUT2D eigenvalue weighted by atomic mass is 10.1. The normalized spacial score (nSPS) is 11.6. The van der Waals surface area contributed by atoms with Crippen LogP contribution < -0.4 is 11.1 Å². The summed E-state index contributed by atoms with van der Waals surface area (Å²) < 4.78 is 0. The van der Waals surface area contributed by atoms with E-state index in [1.165, 1.54) is 44.9 Å². The summed E-state index contributed by atoms with van der Waals surface area (Å²) in [4.78, 5) is 1.81. The maximum Gasteiger partial charge on any atom is 0.188 e. The van der Waals surface area contributed by atoms with Crippen molar-refractivity contribution in [3.8, 4) is 0 Å². The number of nitrogens with one attached hydrogen (secondary N) is 2. The molecule has 0 saturated carbocycles. The van der Waals surface area contributed by atoms with E-state index < -0.39 is 0 Å². The molecule has 0 bridgehead atoms. The van der Waals surface area contributed by atoms with Gasteiger partial charge in [-0.2, -0.15) is 0 Å². The predicted molar refractivity (Wildman–Crippen MR) is 89.2 cm³/mol. The number of rotatable bonds is 11. The second-order valence-electron chi connectivity index (χ2n) is 6.81. The van der Waals surface area contributed by atoms with Crippen molar-refractivity contribution in [1.29, 1.82) is 5.41 Å². The number of guanidine groups is 1. The van der Waals surface area contributed by atoms with Gasteiger partial charge in [0.15, 0.2) is 5.96 Å². The van der Waals surface area contributed by atoms with Crippen molar-refractivity contribution in [1.82, 2.24) is 10.2 Å². The summed E-state index contributed by atoms with van der Waals surface area (Å²) >= 11 is 0. The van der Waals surface area contributed by atoms with E-state index in [1.54, 1.807) is 0 Å². The van der Waals surface area contributed by atoms with E-state index in [0.29, 0.717) is 0 Å². The highest BCUT2D eigenvalue weighted by atomic mass is 15.2. The van der Waals surface area contributed by atoms with Crippen molar-refractivity contribution < 1.29 is 0 Å². The van der Waals surface area contributed by atoms with Gasteiger partial charge in [0.2, 0.25) is 0 Å². The minimum Gasteiger partial charge on any atom is -0.370 e. The SMILES string of the molecule is CN(CCCCCCCCCCNC(C)(C)C)C(=N)N. The molecule has 0 aromatic carbocycles. The average Bonchev–Trinajstić information content (AvgIpc) is 2.34. The molecule has 20 heavy (non-hydrogen) atoms. The Morgan fingerprint density at radius 2 is 1.40 bits per heavy atom. The Morgan fingerprint density at radius 3 is 1.85 bits per heavy atom. The van der Waals surface area contributed by atoms with Crippen LogP contribution in [0.1, 0.15) is 72.1 Å². The molecule has 0 spiro atoms. The molecule has 0 aromatic heterocycles. The van der Waals surface area contributed by atoms with Gasteiger partial charge in [0.1, 0.15) is 0 Å². The standard InChI is InChI=1S/C16H36N4/c1-16(2,3)19-13-11-9-7-5-6-8-10-12-14-20(4)15(17)18/h19H,5-14H2,1-4H3,(H3,17,18). The molecule has 4 heteroatoms. The fourth-order valence-corrected chi connectivity index (χ4v) is 2.12. The lowest BCUT2D eigenvalue weighted by Gasteiger charge is -2.20. The Hall–Kier alpha value is -0.770. The van der Waals surface area contributed by atoms with Crippen molar-refractivity contribution in [3.05, 3.63) is 0 Å². The molecule has 0 radical (unpaired) electrons. The van der Waals surface area contributed by atoms with Gasteiger partial charge in [0, 0.05) is 19.1 Å². The van der Waals surface area contributed by atoms with E-state index in [0.717, 1.165) is 19.5 Å². The van der Waals surface area contributed by atoms with Crippen LogP contribution in [-0.2, 0) is 0 Å². The number of unbranched alkanes of at least 4 members (excludes halogenated alkanes) is 7. The van der Waals surface area contributed by atoms with Gasteiger partial charge < -0.3 is 16.0 Å². The van der Waals surface area contributed by atoms with Crippen molar-refractivity contribution in [3.63, 3.8) is 0 Å². The van der Waals surface area contributed by atoms with Crippen molar-refractivity contribution >= 4 is 5.96 Å². The zero-order chi connectivity index (χ0) is 15.4. The molecule has 0 aromatic rings. The van der Waals surface area contributed by atoms with Crippen LogP contribution in [0.4, 0.5) is 0 Å². The van der Waals surface area contributed by atoms with E-state index in [9.17, 15) is 0 Å². The van der Waals surface area contributed by atoms with Crippen LogP contribution in [0.2, 0.25) is 0 Å². The fourth-order valence-electron chi connectivity index (χ4n) is 2.12. The summed E-state index contributed by atoms with van der Waals surface area (Å²) in [7, 11) is 1.88. The van der Waals surface area contributed by atoms with Crippen LogP contribution in [0.25, 0.3) is 0 Å². The van der Waals surface area contributed by atoms with Crippen LogP contribution in [0.5, 0.6) is 0 Å². The third-order valence-electron chi connectivity index (χ3n) is 3.49. The first-order valence-electron chi connectivity index (χ1n) is 8.13. The zero-order valence-corrected chi connectivity index (χ0v) is 14.1. The number of hydrogen-bond acceptors (Lipinski definition) is 2. The highest BCUT2D eigenvalue weighted by molar-refractivity contribution is 5.74. The quantitative estimate of drug-likeness (QED) is 0.310. The molecule has 0 saturated heterocycles. The zero-order valence-electron chi connectivity index (χ0n) is 14.1. The molecule has 0 aliphatic heterocycles. The van der Waals surface area contributed by atoms with E-state index in [4.69, 9.17) is 11.1 Å². The number of nitrogens with zero attached hydrogens (tertiary/aromatic N) is 1. The minimum absolute atomic E-state index is 0.175. The second kappa shape index (κ2) is 11.0. The smallest absolute Gasteiger partial charge is 0.188 e. The molecule has 0 unspecified atom stereocenters. The maximum atomic E-state index is 7.26. The van der Waals surface area contributed by atoms with Gasteiger partial charge in [0.25, 0.3) is 0 Å². The molecule has 0 aliphatic rings. The first-order valence-corrected chi connectivity index (χ1v) is 8.13. The summed E-state index contributed by atoms with van der Waals surface area (Å²) in [5.74, 6) is 0.175. The molecule has 4 nitrogen and oxygen atoms in total. The Morgan fingerprint density at radius 1 is 0.950 bits per heavy atom. The Bertz CT molecular complexity index is 245. The maximum absolute atomic E-state index is 7.26. The van der Waals surface area contributed by atoms with E-state index in [2.05, 4.69) is 26.1 Å². The largest absolute Gasteiger partial charge is 0.370 e. The summed E-state index contributed by atoms with van der Waals surface area (Å²) in [5, 5.41) is 10.8. The lowest BCUT2D eigenvalue weighted by Crippen LogP contribution is -2.36. The highest BCUT2D eigenvalue weighted by Crippen LogP contribution is 2.09. The first-order chi connectivity index (χ1) is 9.33. The Balaban J connectivity index is 3.16. The molecule has 0 heterocycles. The van der Waals surface area contributed by atoms with Crippen molar-refractivity contribution in [2.75, 3.05) is 20.1 Å². The van der Waals surface area contributed by atoms with Gasteiger partial charge in [-0.1, -0.05) is 38.5 Å². The van der Waals surface area contributed by atoms with Crippen LogP contribution in [0.3, 0.4) is 0 Å². The van der Waals surface area contributed by atoms with Gasteiger partial charge in [-0.3, -0.25) is 5.41 Å². The van der Waals surface area contributed by atoms with E-state index in [-0.39, 0.29) is 11.5 Å². The highest BCUT2D eigenvalue weighted by Gasteiger charge is 2.06. The molecule has 0 rings (SSSR count).